The minimum atomic E-state index is -4.37. The molecule has 6 nitrogen and oxygen atoms in total. The summed E-state index contributed by atoms with van der Waals surface area (Å²) in [5.74, 6) is 6.24. The quantitative estimate of drug-likeness (QED) is 0.314. The number of sulfone groups is 1. The average Bonchev–Trinajstić information content (AvgIpc) is 3.23. The molecule has 2 aromatic carbocycles. The predicted molar refractivity (Wildman–Crippen MR) is 159 cm³/mol. The number of alkyl halides is 3. The topological polar surface area (TPSA) is 70.7 Å². The van der Waals surface area contributed by atoms with Crippen molar-refractivity contribution in [3.8, 4) is 17.6 Å². The zero-order chi connectivity index (χ0) is 29.4. The molecule has 0 amide bonds. The zero-order valence-electron chi connectivity index (χ0n) is 23.3. The molecule has 0 unspecified atom stereocenters. The summed E-state index contributed by atoms with van der Waals surface area (Å²) in [6, 6.07) is 10.3. The second-order valence-corrected chi connectivity index (χ2v) is 14.3. The van der Waals surface area contributed by atoms with Crippen LogP contribution in [0, 0.1) is 17.3 Å². The number of hydrogen-bond acceptors (Lipinski definition) is 7. The molecule has 0 bridgehead atoms. The number of likely N-dealkylation sites (tertiary alicyclic amines) is 1. The predicted octanol–water partition coefficient (Wildman–Crippen LogP) is 6.17. The monoisotopic (exact) mass is 605 g/mol. The lowest BCUT2D eigenvalue weighted by Crippen LogP contribution is -2.50. The van der Waals surface area contributed by atoms with E-state index in [4.69, 9.17) is 4.74 Å². The van der Waals surface area contributed by atoms with Gasteiger partial charge in [0.05, 0.1) is 45.9 Å². The molecule has 2 heterocycles. The standard InChI is InChI=1S/C30H34F3N3O3S2/c1-36-14-11-29(12-15-36)17-20(18-29)35-25-7-4-6-22-23(19-30(31,32)33)27(40-28(22)25)8-5-13-34-24-10-9-21(41(3,37)38)16-26(24)39-2/h4,6-7,9-10,16,20,34-35H,11-15,17-19H2,1-3H3. The van der Waals surface area contributed by atoms with Gasteiger partial charge in [-0.1, -0.05) is 24.0 Å². The second kappa shape index (κ2) is 11.4. The Morgan fingerprint density at radius 3 is 2.54 bits per heavy atom. The van der Waals surface area contributed by atoms with Gasteiger partial charge in [0.1, 0.15) is 5.75 Å². The number of methoxy groups -OCH3 is 1. The Morgan fingerprint density at radius 1 is 1.15 bits per heavy atom. The molecule has 2 aliphatic rings. The third kappa shape index (κ3) is 6.76. The van der Waals surface area contributed by atoms with Gasteiger partial charge in [-0.25, -0.2) is 8.42 Å². The summed E-state index contributed by atoms with van der Waals surface area (Å²) in [5, 5.41) is 7.28. The zero-order valence-corrected chi connectivity index (χ0v) is 25.0. The Hall–Kier alpha value is -2.94. The number of fused-ring (bicyclic) bond motifs is 1. The maximum absolute atomic E-state index is 13.6. The van der Waals surface area contributed by atoms with Gasteiger partial charge in [0.2, 0.25) is 0 Å². The number of anilines is 2. The number of nitrogens with one attached hydrogen (secondary N) is 2. The molecule has 41 heavy (non-hydrogen) atoms. The van der Waals surface area contributed by atoms with Crippen LogP contribution in [-0.2, 0) is 16.3 Å². The first-order valence-electron chi connectivity index (χ1n) is 13.5. The van der Waals surface area contributed by atoms with E-state index in [1.54, 1.807) is 12.1 Å². The van der Waals surface area contributed by atoms with Crippen molar-refractivity contribution in [2.75, 3.05) is 50.7 Å². The Morgan fingerprint density at radius 2 is 1.88 bits per heavy atom. The molecule has 2 fully saturated rings. The summed E-state index contributed by atoms with van der Waals surface area (Å²) in [6.45, 7) is 2.37. The molecule has 5 rings (SSSR count). The van der Waals surface area contributed by atoms with Crippen LogP contribution in [0.5, 0.6) is 5.75 Å². The number of hydrogen-bond donors (Lipinski definition) is 2. The van der Waals surface area contributed by atoms with E-state index >= 15 is 0 Å². The third-order valence-corrected chi connectivity index (χ3v) is 10.4. The molecule has 0 atom stereocenters. The molecular weight excluding hydrogens is 571 g/mol. The number of halogens is 3. The van der Waals surface area contributed by atoms with Gasteiger partial charge in [0, 0.05) is 18.4 Å². The lowest BCUT2D eigenvalue weighted by molar-refractivity contribution is -0.126. The van der Waals surface area contributed by atoms with Gasteiger partial charge in [-0.05, 0) is 80.4 Å². The average molecular weight is 606 g/mol. The number of benzene rings is 2. The smallest absolute Gasteiger partial charge is 0.393 e. The third-order valence-electron chi connectivity index (χ3n) is 8.13. The number of ether oxygens (including phenoxy) is 1. The molecule has 220 valence electrons. The molecule has 2 N–H and O–H groups in total. The highest BCUT2D eigenvalue weighted by Gasteiger charge is 2.45. The highest BCUT2D eigenvalue weighted by molar-refractivity contribution is 7.90. The Balaban J connectivity index is 1.35. The molecule has 1 spiro atoms. The van der Waals surface area contributed by atoms with Crippen LogP contribution in [0.4, 0.5) is 24.5 Å². The Bertz CT molecular complexity index is 1590. The van der Waals surface area contributed by atoms with E-state index in [-0.39, 0.29) is 17.0 Å². The van der Waals surface area contributed by atoms with Crippen LogP contribution >= 0.6 is 11.3 Å². The second-order valence-electron chi connectivity index (χ2n) is 11.2. The maximum Gasteiger partial charge on any atom is 0.393 e. The Kier molecular flexibility index (Phi) is 8.21. The largest absolute Gasteiger partial charge is 0.495 e. The van der Waals surface area contributed by atoms with Crippen molar-refractivity contribution in [2.45, 2.75) is 49.2 Å². The van der Waals surface area contributed by atoms with E-state index in [2.05, 4.69) is 34.4 Å². The van der Waals surface area contributed by atoms with Gasteiger partial charge < -0.3 is 20.3 Å². The van der Waals surface area contributed by atoms with Gasteiger partial charge in [0.15, 0.2) is 9.84 Å². The van der Waals surface area contributed by atoms with Crippen molar-refractivity contribution in [1.82, 2.24) is 4.90 Å². The van der Waals surface area contributed by atoms with Crippen LogP contribution in [0.25, 0.3) is 10.1 Å². The number of thiophene rings is 1. The van der Waals surface area contributed by atoms with Crippen molar-refractivity contribution in [2.24, 2.45) is 5.41 Å². The maximum atomic E-state index is 13.6. The summed E-state index contributed by atoms with van der Waals surface area (Å²) in [6.07, 6.45) is 0.271. The lowest BCUT2D eigenvalue weighted by atomic mass is 9.60. The van der Waals surface area contributed by atoms with Gasteiger partial charge in [0.25, 0.3) is 0 Å². The van der Waals surface area contributed by atoms with E-state index in [0.29, 0.717) is 33.2 Å². The van der Waals surface area contributed by atoms with Crippen LogP contribution in [0.3, 0.4) is 0 Å². The van der Waals surface area contributed by atoms with Crippen LogP contribution < -0.4 is 15.4 Å². The van der Waals surface area contributed by atoms with Crippen LogP contribution in [0.2, 0.25) is 0 Å². The van der Waals surface area contributed by atoms with E-state index in [1.165, 1.54) is 43.4 Å². The summed E-state index contributed by atoms with van der Waals surface area (Å²) < 4.78 is 70.6. The fraction of sp³-hybridized carbons (Fsp3) is 0.467. The van der Waals surface area contributed by atoms with Crippen LogP contribution in [0.15, 0.2) is 41.3 Å². The lowest BCUT2D eigenvalue weighted by Gasteiger charge is -2.52. The van der Waals surface area contributed by atoms with Crippen LogP contribution in [-0.4, -0.2) is 65.6 Å². The molecule has 0 radical (unpaired) electrons. The van der Waals surface area contributed by atoms with Crippen molar-refractivity contribution >= 4 is 42.6 Å². The number of nitrogens with zero attached hydrogens (tertiary/aromatic N) is 1. The highest BCUT2D eigenvalue weighted by Crippen LogP contribution is 2.50. The summed E-state index contributed by atoms with van der Waals surface area (Å²) >= 11 is 1.29. The molecule has 1 aliphatic carbocycles. The molecule has 1 aliphatic heterocycles. The van der Waals surface area contributed by atoms with E-state index in [9.17, 15) is 21.6 Å². The SMILES string of the molecule is COc1cc(S(C)(=O)=O)ccc1NCC#Cc1sc2c(NC3CC4(CCN(C)CC4)C3)cccc2c1CC(F)(F)F. The first kappa shape index (κ1) is 29.5. The minimum absolute atomic E-state index is 0.126. The summed E-state index contributed by atoms with van der Waals surface area (Å²) in [4.78, 5) is 2.89. The molecule has 1 aromatic heterocycles. The summed E-state index contributed by atoms with van der Waals surface area (Å²) in [7, 11) is 0.190. The van der Waals surface area contributed by atoms with E-state index in [1.807, 2.05) is 12.1 Å². The van der Waals surface area contributed by atoms with E-state index < -0.39 is 22.4 Å². The molecule has 1 saturated heterocycles. The van der Waals surface area contributed by atoms with Gasteiger partial charge in [-0.2, -0.15) is 13.2 Å². The van der Waals surface area contributed by atoms with Crippen molar-refractivity contribution in [3.63, 3.8) is 0 Å². The van der Waals surface area contributed by atoms with Gasteiger partial charge >= 0.3 is 6.18 Å². The molecule has 11 heteroatoms. The van der Waals surface area contributed by atoms with Crippen LogP contribution in [0.1, 0.15) is 36.1 Å². The normalized spacial score (nSPS) is 17.6. The number of rotatable bonds is 7. The molecule has 1 saturated carbocycles. The first-order valence-corrected chi connectivity index (χ1v) is 16.2. The minimum Gasteiger partial charge on any atom is -0.495 e. The first-order chi connectivity index (χ1) is 19.4. The van der Waals surface area contributed by atoms with Gasteiger partial charge in [-0.15, -0.1) is 11.3 Å². The fourth-order valence-electron chi connectivity index (χ4n) is 5.88. The van der Waals surface area contributed by atoms with Gasteiger partial charge in [-0.3, -0.25) is 0 Å². The molecular formula is C30H34F3N3O3S2. The van der Waals surface area contributed by atoms with Crippen molar-refractivity contribution < 1.29 is 26.3 Å². The number of piperidine rings is 1. The fourth-order valence-corrected chi connectivity index (χ4v) is 7.69. The van der Waals surface area contributed by atoms with Crippen molar-refractivity contribution in [1.29, 1.82) is 0 Å². The van der Waals surface area contributed by atoms with E-state index in [0.717, 1.165) is 42.6 Å². The highest BCUT2D eigenvalue weighted by atomic mass is 32.2. The summed E-state index contributed by atoms with van der Waals surface area (Å²) in [5.41, 5.74) is 2.00. The Labute approximate surface area is 243 Å². The van der Waals surface area contributed by atoms with Crippen molar-refractivity contribution in [3.05, 3.63) is 46.8 Å². The molecule has 3 aromatic rings.